The van der Waals surface area contributed by atoms with Gasteiger partial charge in [0.15, 0.2) is 0 Å². The zero-order valence-corrected chi connectivity index (χ0v) is 12.2. The summed E-state index contributed by atoms with van der Waals surface area (Å²) in [6, 6.07) is 13.6. The van der Waals surface area contributed by atoms with Gasteiger partial charge in [-0.05, 0) is 43.7 Å². The largest absolute Gasteiger partial charge is 0.326 e. The molecule has 0 spiro atoms. The Hall–Kier alpha value is -2.13. The maximum atomic E-state index is 12.5. The molecule has 0 fully saturated rings. The van der Waals surface area contributed by atoms with E-state index < -0.39 is 0 Å². The minimum Gasteiger partial charge on any atom is -0.326 e. The zero-order valence-electron chi connectivity index (χ0n) is 12.2. The summed E-state index contributed by atoms with van der Waals surface area (Å²) in [5, 5.41) is 0. The highest BCUT2D eigenvalue weighted by Gasteiger charge is 2.14. The molecule has 104 valence electrons. The smallest absolute Gasteiger partial charge is 0.258 e. The Kier molecular flexibility index (Phi) is 4.20. The number of hydrogen-bond donors (Lipinski definition) is 1. The maximum absolute atomic E-state index is 12.5. The third kappa shape index (κ3) is 3.06. The van der Waals surface area contributed by atoms with Gasteiger partial charge >= 0.3 is 0 Å². The first kappa shape index (κ1) is 14.3. The lowest BCUT2D eigenvalue weighted by Crippen LogP contribution is -2.26. The number of nitrogens with zero attached hydrogens (tertiary/aromatic N) is 1. The van der Waals surface area contributed by atoms with Gasteiger partial charge in [0.25, 0.3) is 5.91 Å². The molecule has 0 saturated heterocycles. The molecule has 0 saturated carbocycles. The number of amides is 1. The van der Waals surface area contributed by atoms with E-state index in [4.69, 9.17) is 5.73 Å². The highest BCUT2D eigenvalue weighted by atomic mass is 16.2. The van der Waals surface area contributed by atoms with Gasteiger partial charge in [0.1, 0.15) is 0 Å². The number of anilines is 1. The molecule has 1 amide bonds. The molecule has 0 aliphatic heterocycles. The summed E-state index contributed by atoms with van der Waals surface area (Å²) in [6.45, 7) is 4.47. The van der Waals surface area contributed by atoms with Crippen molar-refractivity contribution in [1.29, 1.82) is 0 Å². The second-order valence-corrected chi connectivity index (χ2v) is 5.11. The molecule has 0 radical (unpaired) electrons. The Morgan fingerprint density at radius 3 is 2.35 bits per heavy atom. The first-order valence-corrected chi connectivity index (χ1v) is 6.66. The highest BCUT2D eigenvalue weighted by Crippen LogP contribution is 2.18. The molecule has 0 aliphatic rings. The minimum atomic E-state index is -0.00836. The number of rotatable bonds is 3. The number of aryl methyl sites for hydroxylation is 2. The molecule has 0 bridgehead atoms. The number of carbonyl (C=O) groups excluding carboxylic acids is 1. The number of nitrogens with two attached hydrogens (primary N) is 1. The fourth-order valence-corrected chi connectivity index (χ4v) is 2.30. The van der Waals surface area contributed by atoms with E-state index >= 15 is 0 Å². The standard InChI is InChI=1S/C17H20N2O/c1-12-7-13(2)9-15(8-12)17(20)19(3)16-6-4-5-14(10-16)11-18/h4-10H,11,18H2,1-3H3. The third-order valence-electron chi connectivity index (χ3n) is 3.31. The maximum Gasteiger partial charge on any atom is 0.258 e. The molecule has 0 atom stereocenters. The van der Waals surface area contributed by atoms with Crippen molar-refractivity contribution in [2.75, 3.05) is 11.9 Å². The first-order valence-electron chi connectivity index (χ1n) is 6.66. The van der Waals surface area contributed by atoms with Crippen LogP contribution in [0.5, 0.6) is 0 Å². The van der Waals surface area contributed by atoms with Gasteiger partial charge in [0, 0.05) is 24.8 Å². The lowest BCUT2D eigenvalue weighted by Gasteiger charge is -2.18. The van der Waals surface area contributed by atoms with Gasteiger partial charge in [-0.15, -0.1) is 0 Å². The van der Waals surface area contributed by atoms with Crippen molar-refractivity contribution in [2.24, 2.45) is 5.73 Å². The average molecular weight is 268 g/mol. The fraction of sp³-hybridized carbons (Fsp3) is 0.235. The van der Waals surface area contributed by atoms with E-state index in [0.29, 0.717) is 12.1 Å². The van der Waals surface area contributed by atoms with Crippen LogP contribution in [0.2, 0.25) is 0 Å². The second-order valence-electron chi connectivity index (χ2n) is 5.11. The van der Waals surface area contributed by atoms with Crippen molar-refractivity contribution in [3.63, 3.8) is 0 Å². The van der Waals surface area contributed by atoms with Crippen LogP contribution >= 0.6 is 0 Å². The zero-order chi connectivity index (χ0) is 14.7. The average Bonchev–Trinajstić information content (AvgIpc) is 2.44. The van der Waals surface area contributed by atoms with Gasteiger partial charge in [0.2, 0.25) is 0 Å². The first-order chi connectivity index (χ1) is 9.51. The topological polar surface area (TPSA) is 46.3 Å². The van der Waals surface area contributed by atoms with E-state index in [2.05, 4.69) is 6.07 Å². The van der Waals surface area contributed by atoms with Crippen molar-refractivity contribution in [1.82, 2.24) is 0 Å². The van der Waals surface area contributed by atoms with Gasteiger partial charge in [0.05, 0.1) is 0 Å². The monoisotopic (exact) mass is 268 g/mol. The molecule has 2 aromatic rings. The van der Waals surface area contributed by atoms with Gasteiger partial charge in [-0.2, -0.15) is 0 Å². The lowest BCUT2D eigenvalue weighted by atomic mass is 10.1. The van der Waals surface area contributed by atoms with Gasteiger partial charge in [-0.25, -0.2) is 0 Å². The van der Waals surface area contributed by atoms with Gasteiger partial charge < -0.3 is 10.6 Å². The van der Waals surface area contributed by atoms with Crippen molar-refractivity contribution in [3.05, 3.63) is 64.7 Å². The summed E-state index contributed by atoms with van der Waals surface area (Å²) in [5.74, 6) is -0.00836. The Morgan fingerprint density at radius 1 is 1.10 bits per heavy atom. The van der Waals surface area contributed by atoms with E-state index in [0.717, 1.165) is 22.4 Å². The number of benzene rings is 2. The van der Waals surface area contributed by atoms with E-state index in [1.54, 1.807) is 11.9 Å². The van der Waals surface area contributed by atoms with Crippen LogP contribution in [0.25, 0.3) is 0 Å². The summed E-state index contributed by atoms with van der Waals surface area (Å²) in [4.78, 5) is 14.2. The summed E-state index contributed by atoms with van der Waals surface area (Å²) in [7, 11) is 1.79. The van der Waals surface area contributed by atoms with Crippen LogP contribution < -0.4 is 10.6 Å². The van der Waals surface area contributed by atoms with Crippen LogP contribution in [0.4, 0.5) is 5.69 Å². The minimum absolute atomic E-state index is 0.00836. The van der Waals surface area contributed by atoms with Crippen LogP contribution in [0.1, 0.15) is 27.0 Å². The number of carbonyl (C=O) groups is 1. The second kappa shape index (κ2) is 5.88. The Bertz CT molecular complexity index is 614. The Balaban J connectivity index is 2.31. The Labute approximate surface area is 120 Å². The molecule has 2 aromatic carbocycles. The van der Waals surface area contributed by atoms with Crippen molar-refractivity contribution in [3.8, 4) is 0 Å². The molecule has 2 rings (SSSR count). The fourth-order valence-electron chi connectivity index (χ4n) is 2.30. The molecule has 0 heterocycles. The van der Waals surface area contributed by atoms with Gasteiger partial charge in [-0.3, -0.25) is 4.79 Å². The number of hydrogen-bond acceptors (Lipinski definition) is 2. The molecule has 20 heavy (non-hydrogen) atoms. The molecule has 3 nitrogen and oxygen atoms in total. The quantitative estimate of drug-likeness (QED) is 0.930. The SMILES string of the molecule is Cc1cc(C)cc(C(=O)N(C)c2cccc(CN)c2)c1. The van der Waals surface area contributed by atoms with Gasteiger partial charge in [-0.1, -0.05) is 29.3 Å². The van der Waals surface area contributed by atoms with Crippen molar-refractivity contribution in [2.45, 2.75) is 20.4 Å². The molecule has 3 heteroatoms. The van der Waals surface area contributed by atoms with Crippen LogP contribution in [0, 0.1) is 13.8 Å². The predicted molar refractivity (Wildman–Crippen MR) is 83.0 cm³/mol. The summed E-state index contributed by atoms with van der Waals surface area (Å²) in [6.07, 6.45) is 0. The normalized spacial score (nSPS) is 10.4. The van der Waals surface area contributed by atoms with E-state index in [1.807, 2.05) is 50.2 Å². The summed E-state index contributed by atoms with van der Waals surface area (Å²) >= 11 is 0. The Morgan fingerprint density at radius 2 is 1.75 bits per heavy atom. The molecular weight excluding hydrogens is 248 g/mol. The van der Waals surface area contributed by atoms with E-state index in [9.17, 15) is 4.79 Å². The molecule has 0 aliphatic carbocycles. The van der Waals surface area contributed by atoms with Crippen LogP contribution in [-0.2, 0) is 6.54 Å². The van der Waals surface area contributed by atoms with Crippen LogP contribution in [-0.4, -0.2) is 13.0 Å². The van der Waals surface area contributed by atoms with Crippen LogP contribution in [0.15, 0.2) is 42.5 Å². The van der Waals surface area contributed by atoms with Crippen molar-refractivity contribution >= 4 is 11.6 Å². The van der Waals surface area contributed by atoms with Crippen LogP contribution in [0.3, 0.4) is 0 Å². The summed E-state index contributed by atoms with van der Waals surface area (Å²) in [5.41, 5.74) is 10.4. The summed E-state index contributed by atoms with van der Waals surface area (Å²) < 4.78 is 0. The lowest BCUT2D eigenvalue weighted by molar-refractivity contribution is 0.0993. The molecule has 0 aromatic heterocycles. The molecular formula is C17H20N2O. The third-order valence-corrected chi connectivity index (χ3v) is 3.31. The predicted octanol–water partition coefficient (Wildman–Crippen LogP) is 3.04. The highest BCUT2D eigenvalue weighted by molar-refractivity contribution is 6.06. The molecule has 2 N–H and O–H groups in total. The van der Waals surface area contributed by atoms with Crippen molar-refractivity contribution < 1.29 is 4.79 Å². The van der Waals surface area contributed by atoms with E-state index in [-0.39, 0.29) is 5.91 Å². The molecule has 0 unspecified atom stereocenters. The van der Waals surface area contributed by atoms with E-state index in [1.165, 1.54) is 0 Å².